The first kappa shape index (κ1) is 37.8. The van der Waals surface area contributed by atoms with E-state index in [1.807, 2.05) is 45.9 Å². The molecular weight excluding hydrogens is 530 g/mol. The Kier molecular flexibility index (Phi) is 19.0. The van der Waals surface area contributed by atoms with Crippen LogP contribution in [0.1, 0.15) is 88.9 Å². The average Bonchev–Trinajstić information content (AvgIpc) is 2.90. The van der Waals surface area contributed by atoms with Gasteiger partial charge in [0.25, 0.3) is 5.91 Å². The molecule has 1 unspecified atom stereocenters. The minimum absolute atomic E-state index is 0.0232. The summed E-state index contributed by atoms with van der Waals surface area (Å²) < 4.78 is 0. The SMILES string of the molecule is C/C=C(\C)c1ccc(CC(CCO)NC(=O)c2ccc(C)c(Cl)c2)cc1.C=C(C)/C(=C\C=C/C)C(C)=O.CC(C)C. The van der Waals surface area contributed by atoms with Gasteiger partial charge in [-0.25, -0.2) is 0 Å². The Bertz CT molecular complexity index is 1190. The van der Waals surface area contributed by atoms with Crippen LogP contribution < -0.4 is 5.32 Å². The zero-order valence-electron chi connectivity index (χ0n) is 26.5. The van der Waals surface area contributed by atoms with Crippen molar-refractivity contribution in [1.82, 2.24) is 5.32 Å². The van der Waals surface area contributed by atoms with Gasteiger partial charge in [-0.3, -0.25) is 9.59 Å². The van der Waals surface area contributed by atoms with Crippen LogP contribution in [-0.2, 0) is 11.2 Å². The van der Waals surface area contributed by atoms with E-state index in [2.05, 4.69) is 69.9 Å². The van der Waals surface area contributed by atoms with E-state index >= 15 is 0 Å². The molecule has 0 aliphatic rings. The third-order valence-corrected chi connectivity index (χ3v) is 6.27. The van der Waals surface area contributed by atoms with Crippen molar-refractivity contribution in [3.63, 3.8) is 0 Å². The molecule has 0 spiro atoms. The van der Waals surface area contributed by atoms with E-state index in [0.29, 0.717) is 29.0 Å². The lowest BCUT2D eigenvalue weighted by atomic mass is 9.99. The highest BCUT2D eigenvalue weighted by Gasteiger charge is 2.15. The van der Waals surface area contributed by atoms with E-state index in [-0.39, 0.29) is 24.3 Å². The lowest BCUT2D eigenvalue weighted by Crippen LogP contribution is -2.37. The second-order valence-corrected chi connectivity index (χ2v) is 11.1. The second kappa shape index (κ2) is 20.6. The van der Waals surface area contributed by atoms with Gasteiger partial charge in [-0.1, -0.05) is 93.6 Å². The molecule has 5 heteroatoms. The van der Waals surface area contributed by atoms with Gasteiger partial charge in [-0.2, -0.15) is 0 Å². The van der Waals surface area contributed by atoms with Gasteiger partial charge in [0.2, 0.25) is 0 Å². The third kappa shape index (κ3) is 16.0. The molecular formula is C36H50ClNO3. The Morgan fingerprint density at radius 3 is 2.00 bits per heavy atom. The minimum atomic E-state index is -0.174. The fraction of sp³-hybridized carbons (Fsp3) is 0.389. The van der Waals surface area contributed by atoms with Gasteiger partial charge in [0.15, 0.2) is 5.78 Å². The fourth-order valence-corrected chi connectivity index (χ4v) is 3.67. The number of benzene rings is 2. The summed E-state index contributed by atoms with van der Waals surface area (Å²) in [5.74, 6) is 0.724. The van der Waals surface area contributed by atoms with Crippen molar-refractivity contribution in [2.45, 2.75) is 81.2 Å². The lowest BCUT2D eigenvalue weighted by molar-refractivity contribution is -0.113. The normalized spacial score (nSPS) is 12.2. The van der Waals surface area contributed by atoms with Crippen LogP contribution in [-0.4, -0.2) is 29.4 Å². The molecule has 2 rings (SSSR count). The highest BCUT2D eigenvalue weighted by molar-refractivity contribution is 6.31. The quantitative estimate of drug-likeness (QED) is 0.218. The van der Waals surface area contributed by atoms with Crippen molar-refractivity contribution in [1.29, 1.82) is 0 Å². The molecule has 1 atom stereocenters. The first-order valence-corrected chi connectivity index (χ1v) is 14.5. The Balaban J connectivity index is 0.000000886. The third-order valence-electron chi connectivity index (χ3n) is 5.87. The van der Waals surface area contributed by atoms with Crippen LogP contribution in [0.15, 0.2) is 84.5 Å². The van der Waals surface area contributed by atoms with Crippen LogP contribution >= 0.6 is 11.6 Å². The number of carbonyl (C=O) groups excluding carboxylic acids is 2. The van der Waals surface area contributed by atoms with E-state index in [0.717, 1.165) is 22.6 Å². The van der Waals surface area contributed by atoms with E-state index in [9.17, 15) is 14.7 Å². The van der Waals surface area contributed by atoms with Gasteiger partial charge in [-0.05, 0) is 100 Å². The molecule has 0 bridgehead atoms. The van der Waals surface area contributed by atoms with E-state index < -0.39 is 0 Å². The fourth-order valence-electron chi connectivity index (χ4n) is 3.49. The lowest BCUT2D eigenvalue weighted by Gasteiger charge is -2.18. The highest BCUT2D eigenvalue weighted by atomic mass is 35.5. The monoisotopic (exact) mass is 579 g/mol. The summed E-state index contributed by atoms with van der Waals surface area (Å²) in [5, 5.41) is 12.9. The topological polar surface area (TPSA) is 66.4 Å². The van der Waals surface area contributed by atoms with Crippen LogP contribution in [0.25, 0.3) is 5.57 Å². The Morgan fingerprint density at radius 1 is 1.00 bits per heavy atom. The number of allylic oxidation sites excluding steroid dienone is 7. The standard InChI is InChI=1S/C22H26ClNO2.C10H14O.C4H10/c1-4-15(2)18-9-6-17(7-10-18)13-20(11-12-25)24-22(26)19-8-5-16(3)21(23)14-19;1-5-6-7-10(8(2)3)9(4)11;1-4(2)3/h4-10,14,20,25H,11-13H2,1-3H3,(H,24,26);5-7H,2H2,1,3-4H3;4H,1-3H3/b15-4+;6-5-,10-7+;. The number of hydrogen-bond acceptors (Lipinski definition) is 3. The van der Waals surface area contributed by atoms with Crippen LogP contribution in [0.4, 0.5) is 0 Å². The molecule has 4 nitrogen and oxygen atoms in total. The number of halogens is 1. The summed E-state index contributed by atoms with van der Waals surface area (Å²) in [7, 11) is 0. The first-order chi connectivity index (χ1) is 19.3. The number of hydrogen-bond donors (Lipinski definition) is 2. The summed E-state index contributed by atoms with van der Waals surface area (Å²) in [5.41, 5.74) is 6.52. The van der Waals surface area contributed by atoms with Crippen LogP contribution in [0, 0.1) is 12.8 Å². The molecule has 0 aliphatic carbocycles. The molecule has 2 N–H and O–H groups in total. The Labute approximate surface area is 253 Å². The zero-order valence-corrected chi connectivity index (χ0v) is 27.2. The van der Waals surface area contributed by atoms with Gasteiger partial charge < -0.3 is 10.4 Å². The molecule has 0 radical (unpaired) electrons. The number of carbonyl (C=O) groups is 2. The Hall–Kier alpha value is -3.21. The molecule has 0 fully saturated rings. The number of Topliss-reactive ketones (excluding diaryl/α,β-unsaturated/α-hetero) is 1. The van der Waals surface area contributed by atoms with Crippen molar-refractivity contribution in [2.75, 3.05) is 6.61 Å². The molecule has 0 saturated carbocycles. The van der Waals surface area contributed by atoms with Gasteiger partial charge in [0.05, 0.1) is 0 Å². The largest absolute Gasteiger partial charge is 0.396 e. The van der Waals surface area contributed by atoms with Gasteiger partial charge >= 0.3 is 0 Å². The number of rotatable bonds is 10. The number of nitrogens with one attached hydrogen (secondary N) is 1. The molecule has 2 aromatic rings. The molecule has 0 aromatic heterocycles. The molecule has 0 saturated heterocycles. The van der Waals surface area contributed by atoms with Gasteiger partial charge in [0, 0.05) is 28.8 Å². The summed E-state index contributed by atoms with van der Waals surface area (Å²) >= 11 is 6.11. The maximum atomic E-state index is 12.5. The number of amides is 1. The number of ketones is 1. The van der Waals surface area contributed by atoms with Gasteiger partial charge in [-0.15, -0.1) is 0 Å². The van der Waals surface area contributed by atoms with Crippen molar-refractivity contribution in [3.05, 3.63) is 112 Å². The first-order valence-electron chi connectivity index (χ1n) is 14.2. The van der Waals surface area contributed by atoms with Crippen LogP contribution in [0.3, 0.4) is 0 Å². The summed E-state index contributed by atoms with van der Waals surface area (Å²) in [6.07, 6.45) is 8.75. The average molecular weight is 580 g/mol. The molecule has 1 amide bonds. The molecule has 2 aromatic carbocycles. The molecule has 0 heterocycles. The maximum absolute atomic E-state index is 12.5. The minimum Gasteiger partial charge on any atom is -0.396 e. The Morgan fingerprint density at radius 2 is 1.56 bits per heavy atom. The molecule has 0 aliphatic heterocycles. The molecule has 224 valence electrons. The highest BCUT2D eigenvalue weighted by Crippen LogP contribution is 2.18. The van der Waals surface area contributed by atoms with E-state index in [1.165, 1.54) is 11.1 Å². The summed E-state index contributed by atoms with van der Waals surface area (Å²) in [6.45, 7) is 21.5. The van der Waals surface area contributed by atoms with E-state index in [4.69, 9.17) is 11.6 Å². The number of aliphatic hydroxyl groups excluding tert-OH is 1. The smallest absolute Gasteiger partial charge is 0.251 e. The summed E-state index contributed by atoms with van der Waals surface area (Å²) in [4.78, 5) is 23.4. The van der Waals surface area contributed by atoms with Gasteiger partial charge in [0.1, 0.15) is 0 Å². The van der Waals surface area contributed by atoms with Crippen LogP contribution in [0.5, 0.6) is 0 Å². The maximum Gasteiger partial charge on any atom is 0.251 e. The summed E-state index contributed by atoms with van der Waals surface area (Å²) in [6, 6.07) is 13.5. The predicted molar refractivity (Wildman–Crippen MR) is 178 cm³/mol. The van der Waals surface area contributed by atoms with Crippen molar-refractivity contribution in [3.8, 4) is 0 Å². The van der Waals surface area contributed by atoms with Crippen molar-refractivity contribution >= 4 is 28.9 Å². The zero-order chi connectivity index (χ0) is 31.5. The van der Waals surface area contributed by atoms with Crippen LogP contribution in [0.2, 0.25) is 5.02 Å². The number of aryl methyl sites for hydroxylation is 1. The van der Waals surface area contributed by atoms with E-state index in [1.54, 1.807) is 25.1 Å². The number of aliphatic hydroxyl groups is 1. The van der Waals surface area contributed by atoms with Crippen molar-refractivity contribution < 1.29 is 14.7 Å². The van der Waals surface area contributed by atoms with Crippen molar-refractivity contribution in [2.24, 2.45) is 5.92 Å². The second-order valence-electron chi connectivity index (χ2n) is 10.7. The predicted octanol–water partition coefficient (Wildman–Crippen LogP) is 9.11. The molecule has 41 heavy (non-hydrogen) atoms.